The summed E-state index contributed by atoms with van der Waals surface area (Å²) in [6.07, 6.45) is 0. The summed E-state index contributed by atoms with van der Waals surface area (Å²) in [5.41, 5.74) is 1.80. The minimum absolute atomic E-state index is 0.277. The molecule has 0 radical (unpaired) electrons. The summed E-state index contributed by atoms with van der Waals surface area (Å²) < 4.78 is 24.1. The highest BCUT2D eigenvalue weighted by molar-refractivity contribution is 5.84. The topological polar surface area (TPSA) is 31.4 Å². The van der Waals surface area contributed by atoms with Crippen LogP contribution in [0.25, 0.3) is 10.9 Å². The molecule has 0 bridgehead atoms. The third kappa shape index (κ3) is 3.34. The Morgan fingerprint density at radius 2 is 1.68 bits per heavy atom. The third-order valence-corrected chi connectivity index (χ3v) is 3.25. The zero-order valence-corrected chi connectivity index (χ0v) is 12.3. The van der Waals surface area contributed by atoms with Crippen molar-refractivity contribution >= 4 is 10.9 Å². The number of para-hydroxylation sites is 1. The van der Waals surface area contributed by atoms with Crippen LogP contribution < -0.4 is 9.47 Å². The first-order valence-electron chi connectivity index (χ1n) is 7.10. The third-order valence-electron chi connectivity index (χ3n) is 3.25. The number of aryl methyl sites for hydroxylation is 1. The molecule has 0 fully saturated rings. The van der Waals surface area contributed by atoms with Gasteiger partial charge in [-0.15, -0.1) is 0 Å². The first kappa shape index (κ1) is 14.3. The Balaban J connectivity index is 1.62. The van der Waals surface area contributed by atoms with Crippen LogP contribution in [0.3, 0.4) is 0 Å². The van der Waals surface area contributed by atoms with Gasteiger partial charge in [0, 0.05) is 11.1 Å². The van der Waals surface area contributed by atoms with Gasteiger partial charge in [0.2, 0.25) is 0 Å². The van der Waals surface area contributed by atoms with Gasteiger partial charge in [-0.05, 0) is 43.3 Å². The lowest BCUT2D eigenvalue weighted by Gasteiger charge is -2.10. The number of halogens is 1. The van der Waals surface area contributed by atoms with Gasteiger partial charge in [0.05, 0.1) is 0 Å². The fourth-order valence-corrected chi connectivity index (χ4v) is 2.18. The zero-order chi connectivity index (χ0) is 15.4. The first-order valence-corrected chi connectivity index (χ1v) is 7.10. The molecular weight excluding hydrogens is 281 g/mol. The summed E-state index contributed by atoms with van der Waals surface area (Å²) in [5, 5.41) is 1.04. The highest BCUT2D eigenvalue weighted by Crippen LogP contribution is 2.23. The molecule has 0 unspecified atom stereocenters. The van der Waals surface area contributed by atoms with Gasteiger partial charge < -0.3 is 9.47 Å². The molecular formula is C18H16FNO2. The van der Waals surface area contributed by atoms with E-state index in [9.17, 15) is 4.39 Å². The average molecular weight is 297 g/mol. The number of benzene rings is 2. The van der Waals surface area contributed by atoms with Gasteiger partial charge in [-0.25, -0.2) is 9.37 Å². The minimum Gasteiger partial charge on any atom is -0.490 e. The van der Waals surface area contributed by atoms with E-state index in [1.165, 1.54) is 12.1 Å². The van der Waals surface area contributed by atoms with Crippen LogP contribution in [0.4, 0.5) is 4.39 Å². The Kier molecular flexibility index (Phi) is 4.19. The second-order valence-electron chi connectivity index (χ2n) is 4.93. The predicted octanol–water partition coefficient (Wildman–Crippen LogP) is 4.14. The van der Waals surface area contributed by atoms with E-state index in [-0.39, 0.29) is 5.82 Å². The van der Waals surface area contributed by atoms with E-state index in [0.717, 1.165) is 22.3 Å². The van der Waals surface area contributed by atoms with Gasteiger partial charge in [-0.1, -0.05) is 18.2 Å². The van der Waals surface area contributed by atoms with E-state index in [2.05, 4.69) is 4.98 Å². The van der Waals surface area contributed by atoms with Gasteiger partial charge in [0.1, 0.15) is 36.0 Å². The van der Waals surface area contributed by atoms with Crippen molar-refractivity contribution < 1.29 is 13.9 Å². The van der Waals surface area contributed by atoms with Crippen molar-refractivity contribution in [1.29, 1.82) is 0 Å². The van der Waals surface area contributed by atoms with Crippen LogP contribution >= 0.6 is 0 Å². The fraction of sp³-hybridized carbons (Fsp3) is 0.167. The quantitative estimate of drug-likeness (QED) is 0.663. The summed E-state index contributed by atoms with van der Waals surface area (Å²) >= 11 is 0. The van der Waals surface area contributed by atoms with Gasteiger partial charge in [-0.2, -0.15) is 0 Å². The number of fused-ring (bicyclic) bond motifs is 1. The fourth-order valence-electron chi connectivity index (χ4n) is 2.18. The molecule has 3 nitrogen and oxygen atoms in total. The number of nitrogens with zero attached hydrogens (tertiary/aromatic N) is 1. The van der Waals surface area contributed by atoms with Gasteiger partial charge in [-0.3, -0.25) is 0 Å². The summed E-state index contributed by atoms with van der Waals surface area (Å²) in [5.74, 6) is 1.08. The Bertz CT molecular complexity index is 772. The molecule has 0 aliphatic rings. The van der Waals surface area contributed by atoms with E-state index < -0.39 is 0 Å². The highest BCUT2D eigenvalue weighted by atomic mass is 19.1. The molecule has 3 aromatic rings. The van der Waals surface area contributed by atoms with Gasteiger partial charge >= 0.3 is 0 Å². The number of hydrogen-bond donors (Lipinski definition) is 0. The number of aromatic nitrogens is 1. The minimum atomic E-state index is -0.277. The summed E-state index contributed by atoms with van der Waals surface area (Å²) in [6, 6.07) is 15.8. The van der Waals surface area contributed by atoms with Crippen LogP contribution in [0.2, 0.25) is 0 Å². The van der Waals surface area contributed by atoms with E-state index >= 15 is 0 Å². The summed E-state index contributed by atoms with van der Waals surface area (Å²) in [6.45, 7) is 2.73. The number of hydrogen-bond acceptors (Lipinski definition) is 3. The van der Waals surface area contributed by atoms with Gasteiger partial charge in [0.15, 0.2) is 0 Å². The molecule has 3 rings (SSSR count). The molecule has 112 valence electrons. The van der Waals surface area contributed by atoms with E-state index in [0.29, 0.717) is 19.0 Å². The van der Waals surface area contributed by atoms with Crippen LogP contribution in [-0.4, -0.2) is 18.2 Å². The van der Waals surface area contributed by atoms with Crippen LogP contribution in [-0.2, 0) is 0 Å². The monoisotopic (exact) mass is 297 g/mol. The highest BCUT2D eigenvalue weighted by Gasteiger charge is 2.04. The molecule has 1 aromatic heterocycles. The van der Waals surface area contributed by atoms with Gasteiger partial charge in [0.25, 0.3) is 0 Å². The Hall–Kier alpha value is -2.62. The van der Waals surface area contributed by atoms with Crippen LogP contribution in [0.15, 0.2) is 54.6 Å². The number of rotatable bonds is 5. The Morgan fingerprint density at radius 3 is 2.50 bits per heavy atom. The molecule has 0 saturated heterocycles. The average Bonchev–Trinajstić information content (AvgIpc) is 2.53. The van der Waals surface area contributed by atoms with Crippen LogP contribution in [0, 0.1) is 12.7 Å². The van der Waals surface area contributed by atoms with E-state index in [1.807, 2.05) is 37.3 Å². The van der Waals surface area contributed by atoms with Crippen molar-refractivity contribution in [1.82, 2.24) is 4.98 Å². The van der Waals surface area contributed by atoms with Crippen molar-refractivity contribution in [2.24, 2.45) is 0 Å². The molecule has 0 aliphatic carbocycles. The van der Waals surface area contributed by atoms with Crippen LogP contribution in [0.5, 0.6) is 11.5 Å². The van der Waals surface area contributed by atoms with Crippen molar-refractivity contribution in [2.75, 3.05) is 13.2 Å². The van der Waals surface area contributed by atoms with Crippen molar-refractivity contribution in [3.63, 3.8) is 0 Å². The lowest BCUT2D eigenvalue weighted by molar-refractivity contribution is 0.218. The molecule has 0 amide bonds. The normalized spacial score (nSPS) is 10.6. The summed E-state index contributed by atoms with van der Waals surface area (Å²) in [7, 11) is 0. The molecule has 1 heterocycles. The molecule has 4 heteroatoms. The lowest BCUT2D eigenvalue weighted by atomic mass is 10.2. The Labute approximate surface area is 128 Å². The van der Waals surface area contributed by atoms with Crippen molar-refractivity contribution in [3.05, 3.63) is 66.1 Å². The molecule has 0 aliphatic heterocycles. The second kappa shape index (κ2) is 6.43. The van der Waals surface area contributed by atoms with E-state index in [4.69, 9.17) is 9.47 Å². The Morgan fingerprint density at radius 1 is 0.909 bits per heavy atom. The standard InChI is InChI=1S/C18H16FNO2/c1-13-5-6-14-3-2-4-17(18(14)20-13)22-12-11-21-16-9-7-15(19)8-10-16/h2-10H,11-12H2,1H3. The summed E-state index contributed by atoms with van der Waals surface area (Å²) in [4.78, 5) is 4.51. The zero-order valence-electron chi connectivity index (χ0n) is 12.3. The number of ether oxygens (including phenoxy) is 2. The lowest BCUT2D eigenvalue weighted by Crippen LogP contribution is -2.09. The largest absolute Gasteiger partial charge is 0.490 e. The number of pyridine rings is 1. The molecule has 0 saturated carbocycles. The predicted molar refractivity (Wildman–Crippen MR) is 83.9 cm³/mol. The maximum Gasteiger partial charge on any atom is 0.145 e. The van der Waals surface area contributed by atoms with Crippen molar-refractivity contribution in [2.45, 2.75) is 6.92 Å². The van der Waals surface area contributed by atoms with Crippen LogP contribution in [0.1, 0.15) is 5.69 Å². The first-order chi connectivity index (χ1) is 10.7. The van der Waals surface area contributed by atoms with E-state index in [1.54, 1.807) is 12.1 Å². The molecule has 0 atom stereocenters. The maximum atomic E-state index is 12.8. The smallest absolute Gasteiger partial charge is 0.145 e. The second-order valence-corrected chi connectivity index (χ2v) is 4.93. The maximum absolute atomic E-state index is 12.8. The SMILES string of the molecule is Cc1ccc2cccc(OCCOc3ccc(F)cc3)c2n1. The van der Waals surface area contributed by atoms with Crippen molar-refractivity contribution in [3.8, 4) is 11.5 Å². The molecule has 0 spiro atoms. The molecule has 0 N–H and O–H groups in total. The molecule has 22 heavy (non-hydrogen) atoms. The molecule has 2 aromatic carbocycles.